The second-order valence-corrected chi connectivity index (χ2v) is 6.66. The Hall–Kier alpha value is -2.01. The number of nitrogens with zero attached hydrogens (tertiary/aromatic N) is 2. The largest absolute Gasteiger partial charge is 0.348 e. The summed E-state index contributed by atoms with van der Waals surface area (Å²) < 4.78 is 0. The smallest absolute Gasteiger partial charge is 0.272 e. The number of hydrogen-bond donors (Lipinski definition) is 2. The summed E-state index contributed by atoms with van der Waals surface area (Å²) in [7, 11) is 0. The minimum Gasteiger partial charge on any atom is -0.348 e. The summed E-state index contributed by atoms with van der Waals surface area (Å²) in [6.45, 7) is 0. The summed E-state index contributed by atoms with van der Waals surface area (Å²) in [6, 6.07) is 6.29. The molecule has 2 aliphatic carbocycles. The Labute approximate surface area is 129 Å². The van der Waals surface area contributed by atoms with Crippen molar-refractivity contribution >= 4 is 16.8 Å². The van der Waals surface area contributed by atoms with Crippen LogP contribution in [-0.4, -0.2) is 28.0 Å². The highest BCUT2D eigenvalue weighted by atomic mass is 16.1. The third kappa shape index (κ3) is 2.25. The van der Waals surface area contributed by atoms with Gasteiger partial charge in [-0.1, -0.05) is 6.07 Å². The van der Waals surface area contributed by atoms with Crippen LogP contribution < -0.4 is 11.1 Å². The zero-order valence-corrected chi connectivity index (χ0v) is 12.5. The van der Waals surface area contributed by atoms with Crippen LogP contribution in [0.5, 0.6) is 0 Å². The minimum absolute atomic E-state index is 0.120. The first-order valence-corrected chi connectivity index (χ1v) is 7.94. The van der Waals surface area contributed by atoms with Gasteiger partial charge in [-0.25, -0.2) is 4.98 Å². The summed E-state index contributed by atoms with van der Waals surface area (Å²) in [5.74, 6) is -0.120. The van der Waals surface area contributed by atoms with Crippen LogP contribution in [0.3, 0.4) is 0 Å². The lowest BCUT2D eigenvalue weighted by Crippen LogP contribution is -2.39. The van der Waals surface area contributed by atoms with Crippen molar-refractivity contribution in [2.45, 2.75) is 44.2 Å². The van der Waals surface area contributed by atoms with Gasteiger partial charge in [0.2, 0.25) is 0 Å². The molecule has 0 saturated heterocycles. The second-order valence-electron chi connectivity index (χ2n) is 6.66. The van der Waals surface area contributed by atoms with Gasteiger partial charge in [-0.05, 0) is 49.7 Å². The molecule has 22 heavy (non-hydrogen) atoms. The van der Waals surface area contributed by atoms with Crippen LogP contribution >= 0.6 is 0 Å². The molecule has 2 fully saturated rings. The summed E-state index contributed by atoms with van der Waals surface area (Å²) in [5.41, 5.74) is 7.50. The third-order valence-corrected chi connectivity index (χ3v) is 5.31. The van der Waals surface area contributed by atoms with Crippen molar-refractivity contribution in [1.82, 2.24) is 15.3 Å². The summed E-state index contributed by atoms with van der Waals surface area (Å²) in [5, 5.41) is 4.06. The molecule has 4 rings (SSSR count). The van der Waals surface area contributed by atoms with E-state index in [0.29, 0.717) is 22.7 Å². The van der Waals surface area contributed by atoms with Gasteiger partial charge in [-0.3, -0.25) is 9.78 Å². The molecule has 1 atom stereocenters. The molecule has 0 aliphatic heterocycles. The van der Waals surface area contributed by atoms with Gasteiger partial charge in [0.15, 0.2) is 5.69 Å². The highest BCUT2D eigenvalue weighted by molar-refractivity contribution is 6.03. The van der Waals surface area contributed by atoms with Crippen molar-refractivity contribution in [3.63, 3.8) is 0 Å². The number of pyridine rings is 2. The van der Waals surface area contributed by atoms with Crippen LogP contribution in [0.15, 0.2) is 30.6 Å². The van der Waals surface area contributed by atoms with Gasteiger partial charge in [0.05, 0.1) is 0 Å². The predicted molar refractivity (Wildman–Crippen MR) is 84.3 cm³/mol. The topological polar surface area (TPSA) is 80.9 Å². The Morgan fingerprint density at radius 3 is 2.73 bits per heavy atom. The van der Waals surface area contributed by atoms with E-state index in [2.05, 4.69) is 15.3 Å². The molecular weight excluding hydrogens is 276 g/mol. The molecule has 0 radical (unpaired) electrons. The van der Waals surface area contributed by atoms with E-state index in [9.17, 15) is 4.79 Å². The third-order valence-electron chi connectivity index (χ3n) is 5.31. The average Bonchev–Trinajstić information content (AvgIpc) is 3.18. The number of carbonyl (C=O) groups excluding carboxylic acids is 1. The van der Waals surface area contributed by atoms with Crippen molar-refractivity contribution < 1.29 is 4.79 Å². The van der Waals surface area contributed by atoms with Gasteiger partial charge in [0, 0.05) is 29.9 Å². The molecule has 3 N–H and O–H groups in total. The monoisotopic (exact) mass is 296 g/mol. The molecule has 1 amide bonds. The SMILES string of the molecule is NC1CC12CCC(NC(=O)c1nccc3cccnc13)CC2. The first-order valence-electron chi connectivity index (χ1n) is 7.94. The van der Waals surface area contributed by atoms with E-state index in [1.807, 2.05) is 18.2 Å². The van der Waals surface area contributed by atoms with E-state index in [0.717, 1.165) is 37.5 Å². The molecule has 0 bridgehead atoms. The molecule has 114 valence electrons. The van der Waals surface area contributed by atoms with E-state index in [1.54, 1.807) is 12.4 Å². The van der Waals surface area contributed by atoms with E-state index in [4.69, 9.17) is 5.73 Å². The van der Waals surface area contributed by atoms with Crippen molar-refractivity contribution in [1.29, 1.82) is 0 Å². The van der Waals surface area contributed by atoms with Crippen molar-refractivity contribution in [3.05, 3.63) is 36.3 Å². The fraction of sp³-hybridized carbons (Fsp3) is 0.471. The zero-order chi connectivity index (χ0) is 15.2. The van der Waals surface area contributed by atoms with Crippen LogP contribution in [0.1, 0.15) is 42.6 Å². The van der Waals surface area contributed by atoms with E-state index >= 15 is 0 Å². The van der Waals surface area contributed by atoms with Gasteiger partial charge in [-0.15, -0.1) is 0 Å². The van der Waals surface area contributed by atoms with Crippen LogP contribution in [0.2, 0.25) is 0 Å². The molecule has 2 heterocycles. The maximum atomic E-state index is 12.5. The Balaban J connectivity index is 1.48. The molecule has 0 aromatic carbocycles. The lowest BCUT2D eigenvalue weighted by molar-refractivity contribution is 0.0915. The van der Waals surface area contributed by atoms with Crippen molar-refractivity contribution in [2.24, 2.45) is 11.1 Å². The number of fused-ring (bicyclic) bond motifs is 1. The Morgan fingerprint density at radius 2 is 2.00 bits per heavy atom. The van der Waals surface area contributed by atoms with Gasteiger partial charge in [-0.2, -0.15) is 0 Å². The number of amides is 1. The van der Waals surface area contributed by atoms with Gasteiger partial charge >= 0.3 is 0 Å². The predicted octanol–water partition coefficient (Wildman–Crippen LogP) is 2.02. The van der Waals surface area contributed by atoms with Gasteiger partial charge in [0.1, 0.15) is 5.52 Å². The number of rotatable bonds is 2. The lowest BCUT2D eigenvalue weighted by atomic mass is 9.83. The molecule has 1 spiro atoms. The maximum absolute atomic E-state index is 12.5. The number of nitrogens with one attached hydrogen (secondary N) is 1. The molecule has 2 aromatic rings. The van der Waals surface area contributed by atoms with Crippen LogP contribution in [0.25, 0.3) is 10.9 Å². The molecule has 5 nitrogen and oxygen atoms in total. The molecular formula is C17H20N4O. The summed E-state index contributed by atoms with van der Waals surface area (Å²) in [6.07, 6.45) is 8.79. The molecule has 2 aliphatic rings. The molecule has 5 heteroatoms. The second kappa shape index (κ2) is 5.02. The first-order chi connectivity index (χ1) is 10.7. The van der Waals surface area contributed by atoms with E-state index in [-0.39, 0.29) is 11.9 Å². The Bertz CT molecular complexity index is 716. The standard InChI is InChI=1S/C17H20N4O/c18-13-10-17(13)6-3-12(4-7-17)21-16(22)15-14-11(5-9-20-15)2-1-8-19-14/h1-2,5,8-9,12-13H,3-4,6-7,10,18H2,(H,21,22). The normalized spacial score (nSPS) is 30.4. The highest BCUT2D eigenvalue weighted by Gasteiger charge is 2.52. The van der Waals surface area contributed by atoms with Crippen LogP contribution in [0, 0.1) is 5.41 Å². The number of nitrogens with two attached hydrogens (primary N) is 1. The van der Waals surface area contributed by atoms with Crippen LogP contribution in [0.4, 0.5) is 0 Å². The number of hydrogen-bond acceptors (Lipinski definition) is 4. The van der Waals surface area contributed by atoms with Gasteiger partial charge < -0.3 is 11.1 Å². The van der Waals surface area contributed by atoms with E-state index in [1.165, 1.54) is 0 Å². The number of carbonyl (C=O) groups is 1. The maximum Gasteiger partial charge on any atom is 0.272 e. The summed E-state index contributed by atoms with van der Waals surface area (Å²) in [4.78, 5) is 21.1. The quantitative estimate of drug-likeness (QED) is 0.888. The minimum atomic E-state index is -0.120. The number of aromatic nitrogens is 2. The zero-order valence-electron chi connectivity index (χ0n) is 12.5. The molecule has 2 aromatic heterocycles. The lowest BCUT2D eigenvalue weighted by Gasteiger charge is -2.29. The molecule has 1 unspecified atom stereocenters. The van der Waals surface area contributed by atoms with E-state index < -0.39 is 0 Å². The summed E-state index contributed by atoms with van der Waals surface area (Å²) >= 11 is 0. The first kappa shape index (κ1) is 13.6. The van der Waals surface area contributed by atoms with Crippen molar-refractivity contribution in [2.75, 3.05) is 0 Å². The Kier molecular flexibility index (Phi) is 3.11. The Morgan fingerprint density at radius 1 is 1.23 bits per heavy atom. The fourth-order valence-corrected chi connectivity index (χ4v) is 3.71. The van der Waals surface area contributed by atoms with Crippen molar-refractivity contribution in [3.8, 4) is 0 Å². The highest BCUT2D eigenvalue weighted by Crippen LogP contribution is 2.54. The van der Waals surface area contributed by atoms with Gasteiger partial charge in [0.25, 0.3) is 5.91 Å². The fourth-order valence-electron chi connectivity index (χ4n) is 3.71. The van der Waals surface area contributed by atoms with Crippen LogP contribution in [-0.2, 0) is 0 Å². The average molecular weight is 296 g/mol. The molecule has 2 saturated carbocycles.